The molecule has 1 amide bonds. The van der Waals surface area contributed by atoms with Gasteiger partial charge in [-0.2, -0.15) is 0 Å². The number of nitrogens with zero attached hydrogens (tertiary/aromatic N) is 1. The maximum Gasteiger partial charge on any atom is 0.254 e. The lowest BCUT2D eigenvalue weighted by atomic mass is 10.0. The van der Waals surface area contributed by atoms with Crippen LogP contribution < -0.4 is 5.73 Å². The van der Waals surface area contributed by atoms with Crippen LogP contribution in [0.15, 0.2) is 53.4 Å². The van der Waals surface area contributed by atoms with Gasteiger partial charge in [-0.3, -0.25) is 4.79 Å². The van der Waals surface area contributed by atoms with Crippen molar-refractivity contribution in [1.29, 1.82) is 0 Å². The highest BCUT2D eigenvalue weighted by atomic mass is 32.2. The quantitative estimate of drug-likeness (QED) is 0.651. The van der Waals surface area contributed by atoms with Gasteiger partial charge in [-0.15, -0.1) is 11.8 Å². The molecule has 2 aromatic carbocycles. The van der Waals surface area contributed by atoms with Crippen LogP contribution in [0.2, 0.25) is 0 Å². The van der Waals surface area contributed by atoms with E-state index < -0.39 is 0 Å². The Bertz CT molecular complexity index is 625. The molecule has 4 heteroatoms. The number of hydrogen-bond donors (Lipinski definition) is 1. The highest BCUT2D eigenvalue weighted by Crippen LogP contribution is 2.30. The van der Waals surface area contributed by atoms with Gasteiger partial charge >= 0.3 is 0 Å². The zero-order valence-electron chi connectivity index (χ0n) is 13.1. The monoisotopic (exact) mass is 314 g/mol. The molecule has 0 atom stereocenters. The summed E-state index contributed by atoms with van der Waals surface area (Å²) in [5.74, 6) is -0.00551. The molecule has 0 aromatic heterocycles. The number of hydrogen-bond acceptors (Lipinski definition) is 3. The lowest BCUT2D eigenvalue weighted by Gasteiger charge is -2.20. The van der Waals surface area contributed by atoms with E-state index in [2.05, 4.69) is 18.4 Å². The summed E-state index contributed by atoms with van der Waals surface area (Å²) in [6.45, 7) is 2.98. The van der Waals surface area contributed by atoms with Crippen molar-refractivity contribution >= 4 is 17.7 Å². The van der Waals surface area contributed by atoms with E-state index in [4.69, 9.17) is 5.73 Å². The summed E-state index contributed by atoms with van der Waals surface area (Å²) >= 11 is 1.72. The lowest BCUT2D eigenvalue weighted by Crippen LogP contribution is -2.36. The van der Waals surface area contributed by atoms with Crippen molar-refractivity contribution in [3.05, 3.63) is 54.1 Å². The summed E-state index contributed by atoms with van der Waals surface area (Å²) < 4.78 is 0. The minimum atomic E-state index is -0.00551. The van der Waals surface area contributed by atoms with Crippen molar-refractivity contribution in [2.75, 3.05) is 19.5 Å². The standard InChI is InChI=1S/C18H22N2OS/c1-3-12-20(13-19)18(21)15-10-8-14(9-11-15)16-6-4-5-7-17(16)22-2/h4-11H,3,12-13,19H2,1-2H3. The van der Waals surface area contributed by atoms with Crippen molar-refractivity contribution in [3.8, 4) is 11.1 Å². The number of rotatable bonds is 6. The van der Waals surface area contributed by atoms with Gasteiger partial charge in [0.25, 0.3) is 5.91 Å². The lowest BCUT2D eigenvalue weighted by molar-refractivity contribution is 0.0760. The summed E-state index contributed by atoms with van der Waals surface area (Å²) in [6, 6.07) is 16.1. The molecule has 0 fully saturated rings. The van der Waals surface area contributed by atoms with Crippen LogP contribution in [0, 0.1) is 0 Å². The van der Waals surface area contributed by atoms with E-state index in [1.54, 1.807) is 16.7 Å². The molecule has 2 N–H and O–H groups in total. The van der Waals surface area contributed by atoms with Gasteiger partial charge in [0.15, 0.2) is 0 Å². The van der Waals surface area contributed by atoms with Crippen molar-refractivity contribution in [2.24, 2.45) is 5.73 Å². The van der Waals surface area contributed by atoms with Gasteiger partial charge in [-0.25, -0.2) is 0 Å². The first-order valence-corrected chi connectivity index (χ1v) is 8.66. The van der Waals surface area contributed by atoms with Crippen LogP contribution in [0.5, 0.6) is 0 Å². The van der Waals surface area contributed by atoms with E-state index in [-0.39, 0.29) is 12.6 Å². The van der Waals surface area contributed by atoms with Crippen molar-refractivity contribution in [1.82, 2.24) is 4.90 Å². The molecule has 0 aliphatic rings. The fourth-order valence-electron chi connectivity index (χ4n) is 2.40. The van der Waals surface area contributed by atoms with Crippen molar-refractivity contribution in [3.63, 3.8) is 0 Å². The van der Waals surface area contributed by atoms with Crippen LogP contribution in [0.25, 0.3) is 11.1 Å². The molecule has 0 unspecified atom stereocenters. The first-order valence-electron chi connectivity index (χ1n) is 7.44. The number of amides is 1. The third kappa shape index (κ3) is 3.70. The number of thioether (sulfide) groups is 1. The molecule has 0 saturated heterocycles. The second-order valence-corrected chi connectivity index (χ2v) is 5.88. The van der Waals surface area contributed by atoms with Gasteiger partial charge in [-0.05, 0) is 42.0 Å². The third-order valence-electron chi connectivity index (χ3n) is 3.55. The Labute approximate surface area is 136 Å². The third-order valence-corrected chi connectivity index (χ3v) is 4.35. The Kier molecular flexibility index (Phi) is 6.04. The molecule has 3 nitrogen and oxygen atoms in total. The Morgan fingerprint density at radius 3 is 2.41 bits per heavy atom. The van der Waals surface area contributed by atoms with Crippen LogP contribution >= 0.6 is 11.8 Å². The van der Waals surface area contributed by atoms with Crippen molar-refractivity contribution in [2.45, 2.75) is 18.2 Å². The summed E-state index contributed by atoms with van der Waals surface area (Å²) in [4.78, 5) is 15.3. The molecule has 0 spiro atoms. The smallest absolute Gasteiger partial charge is 0.254 e. The number of nitrogens with two attached hydrogens (primary N) is 1. The normalized spacial score (nSPS) is 10.5. The molecule has 0 radical (unpaired) electrons. The Hall–Kier alpha value is -1.78. The van der Waals surface area contributed by atoms with Crippen LogP contribution in [0.3, 0.4) is 0 Å². The molecule has 2 aromatic rings. The number of carbonyl (C=O) groups excluding carboxylic acids is 1. The summed E-state index contributed by atoms with van der Waals surface area (Å²) in [6.07, 6.45) is 2.97. The van der Waals surface area contributed by atoms with Gasteiger partial charge in [0, 0.05) is 17.0 Å². The van der Waals surface area contributed by atoms with Gasteiger partial charge in [0.1, 0.15) is 0 Å². The summed E-state index contributed by atoms with van der Waals surface area (Å²) in [5.41, 5.74) is 8.66. The van der Waals surface area contributed by atoms with E-state index in [1.807, 2.05) is 43.3 Å². The van der Waals surface area contributed by atoms with E-state index in [1.165, 1.54) is 10.5 Å². The van der Waals surface area contributed by atoms with Crippen LogP contribution in [-0.2, 0) is 0 Å². The predicted molar refractivity (Wildman–Crippen MR) is 94.0 cm³/mol. The van der Waals surface area contributed by atoms with E-state index in [9.17, 15) is 4.79 Å². The van der Waals surface area contributed by atoms with Gasteiger partial charge in [-0.1, -0.05) is 37.3 Å². The van der Waals surface area contributed by atoms with Crippen molar-refractivity contribution < 1.29 is 4.79 Å². The van der Waals surface area contributed by atoms with E-state index >= 15 is 0 Å². The van der Waals surface area contributed by atoms with Gasteiger partial charge in [0.2, 0.25) is 0 Å². The molecule has 116 valence electrons. The molecule has 2 rings (SSSR count). The zero-order chi connectivity index (χ0) is 15.9. The Morgan fingerprint density at radius 1 is 1.14 bits per heavy atom. The van der Waals surface area contributed by atoms with Crippen LogP contribution in [-0.4, -0.2) is 30.3 Å². The largest absolute Gasteiger partial charge is 0.326 e. The first kappa shape index (κ1) is 16.6. The predicted octanol–water partition coefficient (Wildman–Crippen LogP) is 3.84. The Morgan fingerprint density at radius 2 is 1.82 bits per heavy atom. The Balaban J connectivity index is 2.25. The minimum Gasteiger partial charge on any atom is -0.326 e. The average Bonchev–Trinajstić information content (AvgIpc) is 2.59. The summed E-state index contributed by atoms with van der Waals surface area (Å²) in [5, 5.41) is 0. The molecule has 22 heavy (non-hydrogen) atoms. The summed E-state index contributed by atoms with van der Waals surface area (Å²) in [7, 11) is 0. The SMILES string of the molecule is CCCN(CN)C(=O)c1ccc(-c2ccccc2SC)cc1. The molecule has 0 aliphatic carbocycles. The van der Waals surface area contributed by atoms with E-state index in [0.717, 1.165) is 12.0 Å². The number of carbonyl (C=O) groups is 1. The zero-order valence-corrected chi connectivity index (χ0v) is 13.9. The maximum absolute atomic E-state index is 12.4. The maximum atomic E-state index is 12.4. The number of benzene rings is 2. The molecule has 0 bridgehead atoms. The second-order valence-electron chi connectivity index (χ2n) is 5.03. The fraction of sp³-hybridized carbons (Fsp3) is 0.278. The van der Waals surface area contributed by atoms with Gasteiger partial charge in [0.05, 0.1) is 6.67 Å². The first-order chi connectivity index (χ1) is 10.7. The van der Waals surface area contributed by atoms with E-state index in [0.29, 0.717) is 12.1 Å². The van der Waals surface area contributed by atoms with Crippen LogP contribution in [0.4, 0.5) is 0 Å². The molecular formula is C18H22N2OS. The highest BCUT2D eigenvalue weighted by molar-refractivity contribution is 7.98. The second kappa shape index (κ2) is 8.01. The van der Waals surface area contributed by atoms with Gasteiger partial charge < -0.3 is 10.6 Å². The topological polar surface area (TPSA) is 46.3 Å². The molecule has 0 aliphatic heterocycles. The molecule has 0 heterocycles. The van der Waals surface area contributed by atoms with Crippen LogP contribution in [0.1, 0.15) is 23.7 Å². The average molecular weight is 314 g/mol. The minimum absolute atomic E-state index is 0.00551. The molecular weight excluding hydrogens is 292 g/mol. The molecule has 0 saturated carbocycles. The highest BCUT2D eigenvalue weighted by Gasteiger charge is 2.13. The fourth-order valence-corrected chi connectivity index (χ4v) is 3.02.